The second-order valence-electron chi connectivity index (χ2n) is 8.19. The molecule has 6 aromatic rings. The first kappa shape index (κ1) is 25.1. The van der Waals surface area contributed by atoms with E-state index in [0.717, 1.165) is 33.6 Å². The number of nitrogen functional groups attached to an aromatic ring is 1. The molecule has 176 valence electrons. The number of benzene rings is 4. The van der Waals surface area contributed by atoms with E-state index in [1.165, 1.54) is 6.07 Å². The molecule has 2 aromatic heterocycles. The number of furan rings is 1. The maximum absolute atomic E-state index is 11.8. The van der Waals surface area contributed by atoms with Gasteiger partial charge in [0.15, 0.2) is 0 Å². The summed E-state index contributed by atoms with van der Waals surface area (Å²) in [5.41, 5.74) is 10.0. The molecule has 0 aliphatic carbocycles. The van der Waals surface area contributed by atoms with Crippen LogP contribution >= 0.6 is 0 Å². The van der Waals surface area contributed by atoms with E-state index < -0.39 is 15.0 Å². The van der Waals surface area contributed by atoms with Crippen LogP contribution < -0.4 is 35.3 Å². The smallest absolute Gasteiger partial charge is 0.744 e. The third-order valence-electron chi connectivity index (χ3n) is 6.00. The molecule has 0 aliphatic heterocycles. The molecule has 0 fully saturated rings. The Kier molecular flexibility index (Phi) is 6.57. The molecule has 37 heavy (non-hydrogen) atoms. The molecule has 0 bridgehead atoms. The SMILES string of the molecule is Nc1c(N=Nc2ccc(-c3cccc4c3oc3ccccc34)nc2)cc(S(=O)(=O)[O-])c2ccccc12.[Na+]. The van der Waals surface area contributed by atoms with Crippen molar-refractivity contribution >= 4 is 59.9 Å². The second-order valence-corrected chi connectivity index (χ2v) is 9.54. The number of hydrogen-bond donors (Lipinski definition) is 1. The summed E-state index contributed by atoms with van der Waals surface area (Å²) in [5.74, 6) is 0. The van der Waals surface area contributed by atoms with E-state index in [4.69, 9.17) is 10.2 Å². The molecule has 0 radical (unpaired) electrons. The van der Waals surface area contributed by atoms with Crippen LogP contribution in [0, 0.1) is 0 Å². The molecule has 0 spiro atoms. The van der Waals surface area contributed by atoms with Gasteiger partial charge in [-0.3, -0.25) is 4.98 Å². The van der Waals surface area contributed by atoms with Gasteiger partial charge in [0.05, 0.1) is 22.5 Å². The summed E-state index contributed by atoms with van der Waals surface area (Å²) in [5, 5.41) is 11.0. The zero-order valence-corrected chi connectivity index (χ0v) is 22.4. The molecule has 0 aliphatic rings. The van der Waals surface area contributed by atoms with Crippen LogP contribution in [-0.2, 0) is 10.1 Å². The van der Waals surface area contributed by atoms with Crippen molar-refractivity contribution in [3.63, 3.8) is 0 Å². The minimum absolute atomic E-state index is 0. The normalized spacial score (nSPS) is 11.9. The summed E-state index contributed by atoms with van der Waals surface area (Å²) in [4.78, 5) is 4.13. The van der Waals surface area contributed by atoms with Crippen molar-refractivity contribution in [1.29, 1.82) is 0 Å². The van der Waals surface area contributed by atoms with Crippen molar-refractivity contribution in [1.82, 2.24) is 4.98 Å². The summed E-state index contributed by atoms with van der Waals surface area (Å²) in [6.45, 7) is 0. The maximum atomic E-state index is 11.8. The number of nitrogens with zero attached hydrogens (tertiary/aromatic N) is 3. The van der Waals surface area contributed by atoms with Crippen molar-refractivity contribution in [3.05, 3.63) is 91.1 Å². The Balaban J connectivity index is 0.00000280. The fraction of sp³-hybridized carbons (Fsp3) is 0. The first-order chi connectivity index (χ1) is 17.4. The van der Waals surface area contributed by atoms with Gasteiger partial charge in [-0.05, 0) is 30.3 Å². The number of fused-ring (bicyclic) bond motifs is 4. The van der Waals surface area contributed by atoms with Crippen molar-refractivity contribution in [2.75, 3.05) is 5.73 Å². The average molecular weight is 517 g/mol. The molecule has 10 heteroatoms. The number of anilines is 1. The molecule has 0 unspecified atom stereocenters. The van der Waals surface area contributed by atoms with E-state index >= 15 is 0 Å². The molecule has 6 rings (SSSR count). The van der Waals surface area contributed by atoms with E-state index in [1.54, 1.807) is 36.5 Å². The molecule has 0 saturated heterocycles. The minimum Gasteiger partial charge on any atom is -0.744 e. The van der Waals surface area contributed by atoms with Crippen LogP contribution in [0.25, 0.3) is 44.0 Å². The summed E-state index contributed by atoms with van der Waals surface area (Å²) in [7, 11) is -4.74. The van der Waals surface area contributed by atoms with Gasteiger partial charge in [0, 0.05) is 27.1 Å². The molecule has 2 N–H and O–H groups in total. The third kappa shape index (κ3) is 4.52. The van der Waals surface area contributed by atoms with E-state index in [9.17, 15) is 13.0 Å². The first-order valence-electron chi connectivity index (χ1n) is 11.0. The van der Waals surface area contributed by atoms with Gasteiger partial charge in [0.2, 0.25) is 0 Å². The van der Waals surface area contributed by atoms with E-state index in [-0.39, 0.29) is 46.3 Å². The number of para-hydroxylation sites is 2. The number of azo groups is 1. The van der Waals surface area contributed by atoms with Crippen LogP contribution in [0.4, 0.5) is 17.1 Å². The fourth-order valence-electron chi connectivity index (χ4n) is 4.31. The molecule has 8 nitrogen and oxygen atoms in total. The van der Waals surface area contributed by atoms with E-state index in [0.29, 0.717) is 16.8 Å². The molecule has 0 saturated carbocycles. The predicted octanol–water partition coefficient (Wildman–Crippen LogP) is 3.71. The molecular formula is C27H17N4NaO4S. The molecular weight excluding hydrogens is 499 g/mol. The Morgan fingerprint density at radius 1 is 0.811 bits per heavy atom. The van der Waals surface area contributed by atoms with Gasteiger partial charge < -0.3 is 14.7 Å². The van der Waals surface area contributed by atoms with Crippen LogP contribution in [0.2, 0.25) is 0 Å². The molecule has 4 aromatic carbocycles. The van der Waals surface area contributed by atoms with Gasteiger partial charge in [-0.1, -0.05) is 54.6 Å². The van der Waals surface area contributed by atoms with Crippen molar-refractivity contribution in [3.8, 4) is 11.3 Å². The number of pyridine rings is 1. The molecule has 2 heterocycles. The largest absolute Gasteiger partial charge is 1.00 e. The first-order valence-corrected chi connectivity index (χ1v) is 12.4. The van der Waals surface area contributed by atoms with Crippen LogP contribution in [-0.4, -0.2) is 18.0 Å². The Labute approximate surface area is 233 Å². The zero-order chi connectivity index (χ0) is 24.9. The van der Waals surface area contributed by atoms with Crippen molar-refractivity contribution in [2.24, 2.45) is 10.2 Å². The number of hydrogen-bond acceptors (Lipinski definition) is 8. The summed E-state index contributed by atoms with van der Waals surface area (Å²) < 4.78 is 41.6. The summed E-state index contributed by atoms with van der Waals surface area (Å²) in [6, 6.07) is 24.9. The maximum Gasteiger partial charge on any atom is 1.00 e. The van der Waals surface area contributed by atoms with Crippen LogP contribution in [0.3, 0.4) is 0 Å². The second kappa shape index (κ2) is 9.70. The van der Waals surface area contributed by atoms with Gasteiger partial charge in [0.1, 0.15) is 32.7 Å². The third-order valence-corrected chi connectivity index (χ3v) is 6.87. The van der Waals surface area contributed by atoms with Gasteiger partial charge in [-0.15, -0.1) is 10.2 Å². The van der Waals surface area contributed by atoms with Gasteiger partial charge in [0.25, 0.3) is 0 Å². The fourth-order valence-corrected chi connectivity index (χ4v) is 5.01. The standard InChI is InChI=1S/C27H18N4O4S.Na/c28-26-19-8-2-1-7-18(19)25(36(32,33)34)14-23(26)31-30-16-12-13-22(29-15-16)21-10-5-9-20-17-6-3-4-11-24(17)35-27(20)21;/h1-15H,28H2,(H,32,33,34);/q;+1/p-1. The van der Waals surface area contributed by atoms with Crippen molar-refractivity contribution in [2.45, 2.75) is 4.90 Å². The predicted molar refractivity (Wildman–Crippen MR) is 137 cm³/mol. The summed E-state index contributed by atoms with van der Waals surface area (Å²) in [6.07, 6.45) is 1.54. The van der Waals surface area contributed by atoms with Gasteiger partial charge in [-0.25, -0.2) is 8.42 Å². The number of rotatable bonds is 4. The van der Waals surface area contributed by atoms with E-state index in [1.807, 2.05) is 42.5 Å². The Hall–Kier alpha value is -3.60. The zero-order valence-electron chi connectivity index (χ0n) is 19.6. The minimum atomic E-state index is -4.74. The number of nitrogens with two attached hydrogens (primary N) is 1. The monoisotopic (exact) mass is 516 g/mol. The Morgan fingerprint density at radius 3 is 2.24 bits per heavy atom. The van der Waals surface area contributed by atoms with Crippen LogP contribution in [0.5, 0.6) is 0 Å². The Bertz CT molecular complexity index is 1930. The van der Waals surface area contributed by atoms with Crippen molar-refractivity contribution < 1.29 is 46.9 Å². The topological polar surface area (TPSA) is 134 Å². The molecule has 0 atom stereocenters. The Morgan fingerprint density at radius 2 is 1.51 bits per heavy atom. The number of aromatic nitrogens is 1. The molecule has 0 amide bonds. The van der Waals surface area contributed by atoms with Crippen LogP contribution in [0.1, 0.15) is 0 Å². The quantitative estimate of drug-likeness (QED) is 0.164. The summed E-state index contributed by atoms with van der Waals surface area (Å²) >= 11 is 0. The average Bonchev–Trinajstić information content (AvgIpc) is 3.27. The van der Waals surface area contributed by atoms with Gasteiger partial charge in [-0.2, -0.15) is 0 Å². The van der Waals surface area contributed by atoms with Crippen LogP contribution in [0.15, 0.2) is 111 Å². The van der Waals surface area contributed by atoms with E-state index in [2.05, 4.69) is 15.2 Å². The van der Waals surface area contributed by atoms with Gasteiger partial charge >= 0.3 is 29.6 Å².